The first-order chi connectivity index (χ1) is 6.52. The fourth-order valence-corrected chi connectivity index (χ4v) is 0.850. The van der Waals surface area contributed by atoms with Crippen molar-refractivity contribution in [1.82, 2.24) is 10.2 Å². The van der Waals surface area contributed by atoms with E-state index >= 15 is 0 Å². The third-order valence-electron chi connectivity index (χ3n) is 1.73. The highest BCUT2D eigenvalue weighted by molar-refractivity contribution is 5.82. The van der Waals surface area contributed by atoms with Crippen molar-refractivity contribution < 1.29 is 14.7 Å². The molecular weight excluding hydrogens is 184 g/mol. The number of hydrogen-bond donors (Lipinski definition) is 2. The number of rotatable bonds is 5. The van der Waals surface area contributed by atoms with Gasteiger partial charge in [0, 0.05) is 13.1 Å². The Bertz CT molecular complexity index is 228. The lowest BCUT2D eigenvalue weighted by molar-refractivity contribution is -0.138. The van der Waals surface area contributed by atoms with Crippen molar-refractivity contribution in [2.24, 2.45) is 0 Å². The third-order valence-corrected chi connectivity index (χ3v) is 1.73. The van der Waals surface area contributed by atoms with Gasteiger partial charge in [0.1, 0.15) is 6.04 Å². The van der Waals surface area contributed by atoms with Crippen LogP contribution in [0.3, 0.4) is 0 Å². The number of urea groups is 1. The summed E-state index contributed by atoms with van der Waals surface area (Å²) in [5.74, 6) is -1.05. The summed E-state index contributed by atoms with van der Waals surface area (Å²) in [7, 11) is 0. The zero-order chi connectivity index (χ0) is 11.1. The van der Waals surface area contributed by atoms with E-state index in [2.05, 4.69) is 11.9 Å². The van der Waals surface area contributed by atoms with Crippen LogP contribution in [-0.4, -0.2) is 41.1 Å². The maximum atomic E-state index is 11.4. The van der Waals surface area contributed by atoms with Gasteiger partial charge in [0.25, 0.3) is 0 Å². The van der Waals surface area contributed by atoms with Crippen LogP contribution < -0.4 is 5.32 Å². The minimum Gasteiger partial charge on any atom is -0.480 e. The van der Waals surface area contributed by atoms with Crippen molar-refractivity contribution >= 4 is 12.0 Å². The SMILES string of the molecule is C=CCN(CC)C(=O)NC(C)C(=O)O. The largest absolute Gasteiger partial charge is 0.480 e. The summed E-state index contributed by atoms with van der Waals surface area (Å²) in [6.45, 7) is 7.67. The molecule has 1 atom stereocenters. The van der Waals surface area contributed by atoms with E-state index in [9.17, 15) is 9.59 Å². The number of carbonyl (C=O) groups excluding carboxylic acids is 1. The Morgan fingerprint density at radius 1 is 1.64 bits per heavy atom. The molecule has 0 bridgehead atoms. The van der Waals surface area contributed by atoms with Crippen LogP contribution in [-0.2, 0) is 4.79 Å². The van der Waals surface area contributed by atoms with Gasteiger partial charge in [-0.2, -0.15) is 0 Å². The standard InChI is InChI=1S/C9H16N2O3/c1-4-6-11(5-2)9(14)10-7(3)8(12)13/h4,7H,1,5-6H2,2-3H3,(H,10,14)(H,12,13). The van der Waals surface area contributed by atoms with Crippen LogP contribution in [0.4, 0.5) is 4.79 Å². The Balaban J connectivity index is 4.16. The average molecular weight is 200 g/mol. The number of amides is 2. The Labute approximate surface area is 83.4 Å². The van der Waals surface area contributed by atoms with Crippen molar-refractivity contribution in [2.45, 2.75) is 19.9 Å². The maximum absolute atomic E-state index is 11.4. The Morgan fingerprint density at radius 2 is 2.21 bits per heavy atom. The third kappa shape index (κ3) is 3.93. The molecule has 0 radical (unpaired) electrons. The number of nitrogens with zero attached hydrogens (tertiary/aromatic N) is 1. The molecule has 5 heteroatoms. The number of aliphatic carboxylic acids is 1. The predicted octanol–water partition coefficient (Wildman–Crippen LogP) is 0.677. The highest BCUT2D eigenvalue weighted by atomic mass is 16.4. The van der Waals surface area contributed by atoms with Gasteiger partial charge in [0.05, 0.1) is 0 Å². The first-order valence-corrected chi connectivity index (χ1v) is 4.42. The van der Waals surface area contributed by atoms with Gasteiger partial charge in [-0.15, -0.1) is 6.58 Å². The second-order valence-electron chi connectivity index (χ2n) is 2.84. The fraction of sp³-hybridized carbons (Fsp3) is 0.556. The topological polar surface area (TPSA) is 69.6 Å². The van der Waals surface area contributed by atoms with E-state index in [0.717, 1.165) is 0 Å². The van der Waals surface area contributed by atoms with E-state index in [1.54, 1.807) is 6.08 Å². The van der Waals surface area contributed by atoms with Crippen molar-refractivity contribution in [3.05, 3.63) is 12.7 Å². The molecule has 0 fully saturated rings. The maximum Gasteiger partial charge on any atom is 0.325 e. The van der Waals surface area contributed by atoms with Crippen LogP contribution in [0.1, 0.15) is 13.8 Å². The molecule has 0 aliphatic heterocycles. The lowest BCUT2D eigenvalue weighted by atomic mass is 10.3. The molecule has 0 aliphatic carbocycles. The van der Waals surface area contributed by atoms with Gasteiger partial charge in [-0.1, -0.05) is 6.08 Å². The van der Waals surface area contributed by atoms with Gasteiger partial charge in [-0.3, -0.25) is 4.79 Å². The van der Waals surface area contributed by atoms with Crippen LogP contribution in [0.25, 0.3) is 0 Å². The van der Waals surface area contributed by atoms with Crippen molar-refractivity contribution in [3.63, 3.8) is 0 Å². The smallest absolute Gasteiger partial charge is 0.325 e. The summed E-state index contributed by atoms with van der Waals surface area (Å²) in [5.41, 5.74) is 0. The molecule has 0 aliphatic rings. The highest BCUT2D eigenvalue weighted by Gasteiger charge is 2.16. The van der Waals surface area contributed by atoms with Gasteiger partial charge in [0.2, 0.25) is 0 Å². The molecule has 0 aromatic heterocycles. The summed E-state index contributed by atoms with van der Waals surface area (Å²) in [6.07, 6.45) is 1.59. The van der Waals surface area contributed by atoms with Gasteiger partial charge in [-0.25, -0.2) is 4.79 Å². The fourth-order valence-electron chi connectivity index (χ4n) is 0.850. The van der Waals surface area contributed by atoms with E-state index in [1.807, 2.05) is 6.92 Å². The Hall–Kier alpha value is -1.52. The van der Waals surface area contributed by atoms with Crippen LogP contribution in [0, 0.1) is 0 Å². The second-order valence-corrected chi connectivity index (χ2v) is 2.84. The normalized spacial score (nSPS) is 11.6. The second kappa shape index (κ2) is 6.01. The summed E-state index contributed by atoms with van der Waals surface area (Å²) in [6, 6.07) is -1.26. The summed E-state index contributed by atoms with van der Waals surface area (Å²) in [5, 5.41) is 10.9. The molecule has 0 spiro atoms. The van der Waals surface area contributed by atoms with Crippen LogP contribution in [0.15, 0.2) is 12.7 Å². The van der Waals surface area contributed by atoms with E-state index in [-0.39, 0.29) is 6.03 Å². The van der Waals surface area contributed by atoms with Gasteiger partial charge >= 0.3 is 12.0 Å². The zero-order valence-electron chi connectivity index (χ0n) is 8.49. The van der Waals surface area contributed by atoms with Gasteiger partial charge in [-0.05, 0) is 13.8 Å². The molecule has 0 aromatic rings. The Kier molecular flexibility index (Phi) is 5.36. The summed E-state index contributed by atoms with van der Waals surface area (Å²) in [4.78, 5) is 23.3. The lowest BCUT2D eigenvalue weighted by Gasteiger charge is -2.20. The van der Waals surface area contributed by atoms with E-state index in [0.29, 0.717) is 13.1 Å². The predicted molar refractivity (Wildman–Crippen MR) is 53.1 cm³/mol. The molecule has 14 heavy (non-hydrogen) atoms. The number of nitrogens with one attached hydrogen (secondary N) is 1. The molecule has 1 unspecified atom stereocenters. The molecule has 5 nitrogen and oxygen atoms in total. The molecule has 2 amide bonds. The monoisotopic (exact) mass is 200 g/mol. The quantitative estimate of drug-likeness (QED) is 0.641. The van der Waals surface area contributed by atoms with Crippen LogP contribution in [0.5, 0.6) is 0 Å². The van der Waals surface area contributed by atoms with Crippen molar-refractivity contribution in [3.8, 4) is 0 Å². The minimum absolute atomic E-state index is 0.387. The number of carboxylic acid groups (broad SMARTS) is 1. The van der Waals surface area contributed by atoms with E-state index in [1.165, 1.54) is 11.8 Å². The van der Waals surface area contributed by atoms with Crippen molar-refractivity contribution in [2.75, 3.05) is 13.1 Å². The number of hydrogen-bond acceptors (Lipinski definition) is 2. The van der Waals surface area contributed by atoms with Crippen LogP contribution >= 0.6 is 0 Å². The number of likely N-dealkylation sites (N-methyl/N-ethyl adjacent to an activating group) is 1. The van der Waals surface area contributed by atoms with E-state index in [4.69, 9.17) is 5.11 Å². The summed E-state index contributed by atoms with van der Waals surface area (Å²) >= 11 is 0. The lowest BCUT2D eigenvalue weighted by Crippen LogP contribution is -2.46. The van der Waals surface area contributed by atoms with Crippen LogP contribution in [0.2, 0.25) is 0 Å². The number of carbonyl (C=O) groups is 2. The molecule has 80 valence electrons. The molecule has 2 N–H and O–H groups in total. The highest BCUT2D eigenvalue weighted by Crippen LogP contribution is 1.91. The van der Waals surface area contributed by atoms with E-state index < -0.39 is 12.0 Å². The Morgan fingerprint density at radius 3 is 2.57 bits per heavy atom. The first kappa shape index (κ1) is 12.5. The average Bonchev–Trinajstić information content (AvgIpc) is 2.13. The molecule has 0 rings (SSSR count). The first-order valence-electron chi connectivity index (χ1n) is 4.42. The zero-order valence-corrected chi connectivity index (χ0v) is 8.49. The molecule has 0 saturated carbocycles. The minimum atomic E-state index is -1.05. The molecule has 0 heterocycles. The number of carboxylic acids is 1. The molecule has 0 aromatic carbocycles. The van der Waals surface area contributed by atoms with Gasteiger partial charge in [0.15, 0.2) is 0 Å². The van der Waals surface area contributed by atoms with Gasteiger partial charge < -0.3 is 15.3 Å². The molecule has 0 saturated heterocycles. The van der Waals surface area contributed by atoms with Crippen molar-refractivity contribution in [1.29, 1.82) is 0 Å². The summed E-state index contributed by atoms with van der Waals surface area (Å²) < 4.78 is 0. The molecular formula is C9H16N2O3.